The number of hydrogen-bond donors (Lipinski definition) is 1. The summed E-state index contributed by atoms with van der Waals surface area (Å²) in [6.45, 7) is 4.71. The Balaban J connectivity index is 2.23. The highest BCUT2D eigenvalue weighted by Gasteiger charge is 2.33. The molecule has 18 heavy (non-hydrogen) atoms. The molecule has 1 aliphatic rings. The molecule has 3 unspecified atom stereocenters. The van der Waals surface area contributed by atoms with Crippen molar-refractivity contribution in [1.29, 1.82) is 0 Å². The van der Waals surface area contributed by atoms with Crippen molar-refractivity contribution in [3.05, 3.63) is 0 Å². The Morgan fingerprint density at radius 2 is 2.00 bits per heavy atom. The predicted octanol–water partition coefficient (Wildman–Crippen LogP) is 3.30. The third-order valence-corrected chi connectivity index (χ3v) is 3.86. The minimum atomic E-state index is -0.203. The number of aliphatic hydroxyl groups is 1. The quantitative estimate of drug-likeness (QED) is 0.535. The molecule has 0 aliphatic heterocycles. The van der Waals surface area contributed by atoms with Crippen molar-refractivity contribution < 1.29 is 14.6 Å². The van der Waals surface area contributed by atoms with Gasteiger partial charge in [0.15, 0.2) is 0 Å². The van der Waals surface area contributed by atoms with E-state index in [0.29, 0.717) is 24.9 Å². The molecular weight excluding hydrogens is 228 g/mol. The molecule has 1 N–H and O–H groups in total. The molecular formula is C15H28O3. The zero-order valence-corrected chi connectivity index (χ0v) is 11.9. The molecule has 0 radical (unpaired) electrons. The normalized spacial score (nSPS) is 27.4. The van der Waals surface area contributed by atoms with Gasteiger partial charge in [-0.25, -0.2) is 0 Å². The van der Waals surface area contributed by atoms with Gasteiger partial charge in [0.25, 0.3) is 0 Å². The second-order valence-electron chi connectivity index (χ2n) is 5.59. The first kappa shape index (κ1) is 15.5. The van der Waals surface area contributed by atoms with Crippen LogP contribution >= 0.6 is 0 Å². The summed E-state index contributed by atoms with van der Waals surface area (Å²) in [5.41, 5.74) is 0. The molecule has 0 bridgehead atoms. The van der Waals surface area contributed by atoms with Gasteiger partial charge in [-0.05, 0) is 37.5 Å². The number of carbonyl (C=O) groups excluding carboxylic acids is 1. The van der Waals surface area contributed by atoms with Gasteiger partial charge in [0.2, 0.25) is 0 Å². The number of carbonyl (C=O) groups is 1. The second kappa shape index (κ2) is 8.52. The number of rotatable bonds is 8. The Morgan fingerprint density at radius 3 is 2.67 bits per heavy atom. The van der Waals surface area contributed by atoms with Gasteiger partial charge in [0.1, 0.15) is 0 Å². The van der Waals surface area contributed by atoms with Crippen LogP contribution in [0, 0.1) is 11.8 Å². The number of esters is 1. The number of ether oxygens (including phenoxy) is 1. The van der Waals surface area contributed by atoms with Crippen LogP contribution < -0.4 is 0 Å². The summed E-state index contributed by atoms with van der Waals surface area (Å²) in [5.74, 6) is 0.639. The van der Waals surface area contributed by atoms with Crippen molar-refractivity contribution in [3.63, 3.8) is 0 Å². The molecule has 0 saturated heterocycles. The molecule has 1 aliphatic carbocycles. The summed E-state index contributed by atoms with van der Waals surface area (Å²) < 4.78 is 5.10. The SMILES string of the molecule is CCCCCC1CC(CC(=O)OCCC)CC1O. The fourth-order valence-corrected chi connectivity index (χ4v) is 2.86. The standard InChI is InChI=1S/C15H28O3/c1-3-5-6-7-13-9-12(10-14(13)16)11-15(17)18-8-4-2/h12-14,16H,3-11H2,1-2H3. The molecule has 1 rings (SSSR count). The third-order valence-electron chi connectivity index (χ3n) is 3.86. The second-order valence-corrected chi connectivity index (χ2v) is 5.59. The fraction of sp³-hybridized carbons (Fsp3) is 0.933. The highest BCUT2D eigenvalue weighted by molar-refractivity contribution is 5.69. The van der Waals surface area contributed by atoms with Crippen LogP contribution in [0.3, 0.4) is 0 Å². The number of hydrogen-bond acceptors (Lipinski definition) is 3. The lowest BCUT2D eigenvalue weighted by Crippen LogP contribution is -2.12. The summed E-state index contributed by atoms with van der Waals surface area (Å²) in [6.07, 6.45) is 7.69. The Kier molecular flexibility index (Phi) is 7.33. The van der Waals surface area contributed by atoms with Crippen LogP contribution in [-0.4, -0.2) is 23.8 Å². The van der Waals surface area contributed by atoms with Crippen molar-refractivity contribution in [2.45, 2.75) is 71.3 Å². The van der Waals surface area contributed by atoms with Gasteiger partial charge in [-0.3, -0.25) is 4.79 Å². The van der Waals surface area contributed by atoms with Crippen LogP contribution in [0.25, 0.3) is 0 Å². The van der Waals surface area contributed by atoms with E-state index >= 15 is 0 Å². The van der Waals surface area contributed by atoms with Crippen LogP contribution in [0.1, 0.15) is 65.2 Å². The minimum absolute atomic E-state index is 0.0942. The summed E-state index contributed by atoms with van der Waals surface area (Å²) in [5, 5.41) is 10.00. The van der Waals surface area contributed by atoms with E-state index in [1.807, 2.05) is 6.92 Å². The summed E-state index contributed by atoms with van der Waals surface area (Å²) in [7, 11) is 0. The first-order valence-electron chi connectivity index (χ1n) is 7.51. The van der Waals surface area contributed by atoms with Crippen LogP contribution in [-0.2, 0) is 9.53 Å². The molecule has 0 aromatic carbocycles. The van der Waals surface area contributed by atoms with Crippen LogP contribution in [0.5, 0.6) is 0 Å². The lowest BCUT2D eigenvalue weighted by Gasteiger charge is -2.13. The van der Waals surface area contributed by atoms with Gasteiger partial charge in [0, 0.05) is 6.42 Å². The lowest BCUT2D eigenvalue weighted by molar-refractivity contribution is -0.144. The molecule has 0 aromatic heterocycles. The van der Waals surface area contributed by atoms with E-state index in [9.17, 15) is 9.90 Å². The van der Waals surface area contributed by atoms with E-state index in [1.165, 1.54) is 19.3 Å². The molecule has 3 heteroatoms. The molecule has 0 spiro atoms. The first-order valence-corrected chi connectivity index (χ1v) is 7.51. The zero-order chi connectivity index (χ0) is 13.4. The van der Waals surface area contributed by atoms with Gasteiger partial charge < -0.3 is 9.84 Å². The van der Waals surface area contributed by atoms with Gasteiger partial charge >= 0.3 is 5.97 Å². The Morgan fingerprint density at radius 1 is 1.22 bits per heavy atom. The van der Waals surface area contributed by atoms with Gasteiger partial charge in [-0.15, -0.1) is 0 Å². The van der Waals surface area contributed by atoms with Gasteiger partial charge in [0.05, 0.1) is 12.7 Å². The maximum atomic E-state index is 11.5. The van der Waals surface area contributed by atoms with E-state index in [1.54, 1.807) is 0 Å². The highest BCUT2D eigenvalue weighted by Crippen LogP contribution is 2.36. The van der Waals surface area contributed by atoms with Crippen LogP contribution in [0.4, 0.5) is 0 Å². The van der Waals surface area contributed by atoms with E-state index in [2.05, 4.69) is 6.92 Å². The van der Waals surface area contributed by atoms with Crippen LogP contribution in [0.2, 0.25) is 0 Å². The van der Waals surface area contributed by atoms with Crippen molar-refractivity contribution in [1.82, 2.24) is 0 Å². The maximum Gasteiger partial charge on any atom is 0.306 e. The maximum absolute atomic E-state index is 11.5. The van der Waals surface area contributed by atoms with E-state index < -0.39 is 0 Å². The summed E-state index contributed by atoms with van der Waals surface area (Å²) in [4.78, 5) is 11.5. The lowest BCUT2D eigenvalue weighted by atomic mass is 9.96. The zero-order valence-electron chi connectivity index (χ0n) is 11.9. The van der Waals surface area contributed by atoms with Crippen molar-refractivity contribution in [2.75, 3.05) is 6.61 Å². The fourth-order valence-electron chi connectivity index (χ4n) is 2.86. The molecule has 0 heterocycles. The topological polar surface area (TPSA) is 46.5 Å². The first-order chi connectivity index (χ1) is 8.67. The molecule has 0 amide bonds. The predicted molar refractivity (Wildman–Crippen MR) is 72.2 cm³/mol. The van der Waals surface area contributed by atoms with E-state index in [4.69, 9.17) is 4.74 Å². The Bertz CT molecular complexity index is 240. The minimum Gasteiger partial charge on any atom is -0.466 e. The Labute approximate surface area is 111 Å². The van der Waals surface area contributed by atoms with Crippen molar-refractivity contribution in [3.8, 4) is 0 Å². The largest absolute Gasteiger partial charge is 0.466 e. The molecule has 3 atom stereocenters. The molecule has 1 fully saturated rings. The average Bonchev–Trinajstić information content (AvgIpc) is 2.67. The highest BCUT2D eigenvalue weighted by atomic mass is 16.5. The Hall–Kier alpha value is -0.570. The molecule has 106 valence electrons. The monoisotopic (exact) mass is 256 g/mol. The van der Waals surface area contributed by atoms with Gasteiger partial charge in [-0.2, -0.15) is 0 Å². The van der Waals surface area contributed by atoms with E-state index in [0.717, 1.165) is 25.7 Å². The van der Waals surface area contributed by atoms with Gasteiger partial charge in [-0.1, -0.05) is 33.1 Å². The summed E-state index contributed by atoms with van der Waals surface area (Å²) >= 11 is 0. The number of aliphatic hydroxyl groups excluding tert-OH is 1. The molecule has 0 aromatic rings. The van der Waals surface area contributed by atoms with Crippen molar-refractivity contribution >= 4 is 5.97 Å². The molecule has 1 saturated carbocycles. The molecule has 3 nitrogen and oxygen atoms in total. The van der Waals surface area contributed by atoms with E-state index in [-0.39, 0.29) is 12.1 Å². The van der Waals surface area contributed by atoms with Crippen LogP contribution in [0.15, 0.2) is 0 Å². The summed E-state index contributed by atoms with van der Waals surface area (Å²) in [6, 6.07) is 0. The van der Waals surface area contributed by atoms with Crippen molar-refractivity contribution in [2.24, 2.45) is 11.8 Å². The third kappa shape index (κ3) is 5.38. The smallest absolute Gasteiger partial charge is 0.306 e. The number of unbranched alkanes of at least 4 members (excludes halogenated alkanes) is 2. The average molecular weight is 256 g/mol.